The molecule has 1 nitrogen and oxygen atoms in total. The fourth-order valence-electron chi connectivity index (χ4n) is 2.94. The van der Waals surface area contributed by atoms with Crippen LogP contribution in [0.25, 0.3) is 16.8 Å². The summed E-state index contributed by atoms with van der Waals surface area (Å²) in [5, 5.41) is 0. The molecule has 0 aromatic heterocycles. The quantitative estimate of drug-likeness (QED) is 0.163. The van der Waals surface area contributed by atoms with E-state index in [2.05, 4.69) is 131 Å². The Labute approximate surface area is 189 Å². The molecule has 0 saturated heterocycles. The maximum atomic E-state index is 5.06. The van der Waals surface area contributed by atoms with Gasteiger partial charge in [-0.05, 0) is 0 Å². The van der Waals surface area contributed by atoms with Crippen molar-refractivity contribution in [1.82, 2.24) is 0 Å². The predicted octanol–water partition coefficient (Wildman–Crippen LogP) is 7.31. The summed E-state index contributed by atoms with van der Waals surface area (Å²) < 4.78 is 1.27. The van der Waals surface area contributed by atoms with Crippen LogP contribution in [-0.2, 0) is 0 Å². The Balaban J connectivity index is 1.64. The first-order chi connectivity index (χ1) is 13.1. The number of aliphatic imine (C=N–C) groups is 1. The molecule has 3 aromatic carbocycles. The van der Waals surface area contributed by atoms with Crippen molar-refractivity contribution in [2.75, 3.05) is 6.26 Å². The summed E-state index contributed by atoms with van der Waals surface area (Å²) >= 11 is 7.05. The first-order valence-electron chi connectivity index (χ1n) is 8.40. The van der Waals surface area contributed by atoms with Crippen LogP contribution in [0.3, 0.4) is 0 Å². The van der Waals surface area contributed by atoms with E-state index >= 15 is 0 Å². The molecule has 136 valence electrons. The SMILES string of the molecule is CSc1ccc(C2=NC(c3ccc(-c4ccccc4)cc3)=C[Se]2(I)I)cc1. The van der Waals surface area contributed by atoms with Crippen molar-refractivity contribution in [3.63, 3.8) is 0 Å². The van der Waals surface area contributed by atoms with Crippen LogP contribution in [0, 0.1) is 0 Å². The second kappa shape index (κ2) is 8.41. The van der Waals surface area contributed by atoms with E-state index in [0.717, 1.165) is 5.70 Å². The van der Waals surface area contributed by atoms with Crippen molar-refractivity contribution in [2.24, 2.45) is 4.99 Å². The molecule has 0 spiro atoms. The van der Waals surface area contributed by atoms with Gasteiger partial charge in [-0.15, -0.1) is 0 Å². The van der Waals surface area contributed by atoms with E-state index in [4.69, 9.17) is 4.99 Å². The van der Waals surface area contributed by atoms with E-state index in [0.29, 0.717) is 0 Å². The molecule has 0 aliphatic carbocycles. The van der Waals surface area contributed by atoms with Gasteiger partial charge in [0.05, 0.1) is 0 Å². The fraction of sp³-hybridized carbons (Fsp3) is 0.0455. The monoisotopic (exact) mass is 661 g/mol. The van der Waals surface area contributed by atoms with E-state index in [1.807, 2.05) is 0 Å². The van der Waals surface area contributed by atoms with Gasteiger partial charge in [-0.25, -0.2) is 0 Å². The van der Waals surface area contributed by atoms with Crippen LogP contribution in [0.2, 0.25) is 0 Å². The molecule has 4 rings (SSSR count). The minimum atomic E-state index is -1.94. The molecule has 0 radical (unpaired) electrons. The van der Waals surface area contributed by atoms with Gasteiger partial charge in [0.25, 0.3) is 0 Å². The van der Waals surface area contributed by atoms with Gasteiger partial charge in [-0.2, -0.15) is 0 Å². The summed E-state index contributed by atoms with van der Waals surface area (Å²) in [6.45, 7) is 0. The molecule has 0 amide bonds. The van der Waals surface area contributed by atoms with E-state index in [1.165, 1.54) is 31.8 Å². The number of hydrogen-bond donors (Lipinski definition) is 0. The number of benzene rings is 3. The van der Waals surface area contributed by atoms with Crippen molar-refractivity contribution in [2.45, 2.75) is 4.90 Å². The maximum absolute atomic E-state index is 5.06. The Morgan fingerprint density at radius 3 is 1.89 bits per heavy atom. The normalized spacial score (nSPS) is 16.6. The molecule has 27 heavy (non-hydrogen) atoms. The van der Waals surface area contributed by atoms with Gasteiger partial charge < -0.3 is 0 Å². The van der Waals surface area contributed by atoms with Crippen molar-refractivity contribution >= 4 is 69.1 Å². The van der Waals surface area contributed by atoms with Gasteiger partial charge in [-0.3, -0.25) is 0 Å². The van der Waals surface area contributed by atoms with Gasteiger partial charge in [0.15, 0.2) is 0 Å². The van der Waals surface area contributed by atoms with Crippen LogP contribution in [0.15, 0.2) is 93.7 Å². The summed E-state index contributed by atoms with van der Waals surface area (Å²) in [5.41, 5.74) is 6.05. The van der Waals surface area contributed by atoms with Gasteiger partial charge >= 0.3 is 191 Å². The standard InChI is InChI=1S/C22H17I2NSSe/c1-26-20-13-11-19(12-14-20)22-25-21(15-27(22,23)24)18-9-7-17(8-10-18)16-5-3-2-4-6-16/h2-15H,1H3. The zero-order chi connectivity index (χ0) is 18.9. The molecular formula is C22H17I2NSSe. The molecule has 1 heterocycles. The van der Waals surface area contributed by atoms with E-state index in [1.54, 1.807) is 11.8 Å². The second-order valence-corrected chi connectivity index (χ2v) is 33.6. The Morgan fingerprint density at radius 1 is 0.704 bits per heavy atom. The Bertz CT molecular complexity index is 1010. The van der Waals surface area contributed by atoms with Crippen LogP contribution in [0.1, 0.15) is 11.1 Å². The third kappa shape index (κ3) is 4.37. The number of halogens is 2. The van der Waals surface area contributed by atoms with Crippen molar-refractivity contribution < 1.29 is 0 Å². The third-order valence-electron chi connectivity index (χ3n) is 4.36. The van der Waals surface area contributed by atoms with Crippen LogP contribution < -0.4 is 0 Å². The topological polar surface area (TPSA) is 12.4 Å². The Kier molecular flexibility index (Phi) is 6.14. The van der Waals surface area contributed by atoms with Crippen molar-refractivity contribution in [3.8, 4) is 11.1 Å². The summed E-state index contributed by atoms with van der Waals surface area (Å²) in [6.07, 6.45) is 0.168. The second-order valence-electron chi connectivity index (χ2n) is 6.10. The first kappa shape index (κ1) is 19.7. The molecule has 0 fully saturated rings. The van der Waals surface area contributed by atoms with Crippen LogP contribution in [-0.4, -0.2) is 17.2 Å². The summed E-state index contributed by atoms with van der Waals surface area (Å²) in [4.78, 5) is 8.76. The summed E-state index contributed by atoms with van der Waals surface area (Å²) in [7, 11) is 0. The summed E-state index contributed by atoms with van der Waals surface area (Å²) in [6, 6.07) is 28.1. The van der Waals surface area contributed by atoms with Crippen molar-refractivity contribution in [3.05, 3.63) is 95.0 Å². The number of nitrogens with zero attached hydrogens (tertiary/aromatic N) is 1. The average Bonchev–Trinajstić information content (AvgIpc) is 3.04. The number of hydrogen-bond acceptors (Lipinski definition) is 2. The minimum absolute atomic E-state index is 1.11. The molecule has 5 heteroatoms. The van der Waals surface area contributed by atoms with E-state index in [-0.39, 0.29) is 0 Å². The molecule has 1 aliphatic heterocycles. The molecule has 0 saturated carbocycles. The van der Waals surface area contributed by atoms with Crippen molar-refractivity contribution in [1.29, 1.82) is 0 Å². The number of thioether (sulfide) groups is 1. The molecular weight excluding hydrogens is 643 g/mol. The predicted molar refractivity (Wildman–Crippen MR) is 138 cm³/mol. The van der Waals surface area contributed by atoms with Crippen LogP contribution in [0.5, 0.6) is 0 Å². The van der Waals surface area contributed by atoms with Crippen LogP contribution in [0.4, 0.5) is 0 Å². The van der Waals surface area contributed by atoms with Gasteiger partial charge in [0.2, 0.25) is 0 Å². The number of rotatable bonds is 4. The Morgan fingerprint density at radius 2 is 1.26 bits per heavy atom. The van der Waals surface area contributed by atoms with E-state index < -0.39 is 6.35 Å². The molecule has 0 unspecified atom stereocenters. The molecule has 1 aliphatic rings. The first-order valence-corrected chi connectivity index (χ1v) is 21.9. The zero-order valence-corrected chi connectivity index (χ0v) is 21.4. The molecule has 0 N–H and O–H groups in total. The third-order valence-corrected chi connectivity index (χ3v) is 14.9. The van der Waals surface area contributed by atoms with Gasteiger partial charge in [-0.1, -0.05) is 0 Å². The summed E-state index contributed by atoms with van der Waals surface area (Å²) in [5.74, 6) is 0. The van der Waals surface area contributed by atoms with Crippen LogP contribution >= 0.6 is 52.5 Å². The zero-order valence-electron chi connectivity index (χ0n) is 14.6. The fourth-order valence-corrected chi connectivity index (χ4v) is 12.1. The van der Waals surface area contributed by atoms with E-state index in [9.17, 15) is 0 Å². The Hall–Kier alpha value is -0.601. The molecule has 3 aromatic rings. The van der Waals surface area contributed by atoms with Gasteiger partial charge in [0, 0.05) is 0 Å². The molecule has 0 atom stereocenters. The molecule has 0 bridgehead atoms. The average molecular weight is 660 g/mol. The van der Waals surface area contributed by atoms with Gasteiger partial charge in [0.1, 0.15) is 0 Å².